The molecule has 1 aromatic rings. The maximum Gasteiger partial charge on any atom is 0.211 e. The van der Waals surface area contributed by atoms with E-state index in [1.165, 1.54) is 6.26 Å². The van der Waals surface area contributed by atoms with Crippen LogP contribution in [0.2, 0.25) is 0 Å². The average molecular weight is 301 g/mol. The molecular formula is C13H23N3O3S. The van der Waals surface area contributed by atoms with Crippen LogP contribution in [0.1, 0.15) is 36.6 Å². The van der Waals surface area contributed by atoms with Crippen molar-refractivity contribution in [3.8, 4) is 0 Å². The van der Waals surface area contributed by atoms with Crippen LogP contribution in [-0.4, -0.2) is 32.1 Å². The lowest BCUT2D eigenvalue weighted by Crippen LogP contribution is -2.41. The summed E-state index contributed by atoms with van der Waals surface area (Å²) in [5, 5.41) is 0. The van der Waals surface area contributed by atoms with Gasteiger partial charge in [0.1, 0.15) is 5.76 Å². The first-order valence-electron chi connectivity index (χ1n) is 6.87. The normalized spacial score (nSPS) is 22.9. The van der Waals surface area contributed by atoms with Crippen LogP contribution >= 0.6 is 0 Å². The zero-order chi connectivity index (χ0) is 14.8. The molecule has 0 radical (unpaired) electrons. The summed E-state index contributed by atoms with van der Waals surface area (Å²) in [5.74, 6) is 6.81. The largest absolute Gasteiger partial charge is 0.469 e. The second-order valence-corrected chi connectivity index (χ2v) is 7.50. The van der Waals surface area contributed by atoms with Gasteiger partial charge in [-0.2, -0.15) is 0 Å². The lowest BCUT2D eigenvalue weighted by Gasteiger charge is -2.32. The Labute approximate surface area is 120 Å². The highest BCUT2D eigenvalue weighted by Gasteiger charge is 2.28. The standard InChI is InChI=1S/C13H23N3O3S/c1-10-12(5-7-19-10)13(15-14)8-11-4-3-6-16(9-11)20(2,17)18/h5,7,11,13,15H,3-4,6,8-9,14H2,1-2H3. The molecule has 2 heterocycles. The fourth-order valence-electron chi connectivity index (χ4n) is 2.89. The van der Waals surface area contributed by atoms with Gasteiger partial charge in [-0.1, -0.05) is 0 Å². The molecule has 1 aromatic heterocycles. The van der Waals surface area contributed by atoms with Gasteiger partial charge in [0.05, 0.1) is 12.5 Å². The van der Waals surface area contributed by atoms with Gasteiger partial charge < -0.3 is 4.42 Å². The molecule has 2 unspecified atom stereocenters. The Morgan fingerprint density at radius 2 is 2.35 bits per heavy atom. The van der Waals surface area contributed by atoms with Gasteiger partial charge >= 0.3 is 0 Å². The topological polar surface area (TPSA) is 88.6 Å². The van der Waals surface area contributed by atoms with E-state index in [9.17, 15) is 8.42 Å². The molecule has 1 fully saturated rings. The van der Waals surface area contributed by atoms with Gasteiger partial charge in [-0.05, 0) is 38.2 Å². The molecule has 7 heteroatoms. The van der Waals surface area contributed by atoms with Gasteiger partial charge in [0.2, 0.25) is 10.0 Å². The minimum absolute atomic E-state index is 0.00161. The third-order valence-electron chi connectivity index (χ3n) is 4.00. The Hall–Kier alpha value is -0.890. The lowest BCUT2D eigenvalue weighted by molar-refractivity contribution is 0.238. The number of hydrogen-bond donors (Lipinski definition) is 2. The van der Waals surface area contributed by atoms with Crippen molar-refractivity contribution in [2.75, 3.05) is 19.3 Å². The number of rotatable bonds is 5. The quantitative estimate of drug-likeness (QED) is 0.629. The molecule has 1 aliphatic heterocycles. The summed E-state index contributed by atoms with van der Waals surface area (Å²) in [6.07, 6.45) is 5.66. The second-order valence-electron chi connectivity index (χ2n) is 5.52. The minimum atomic E-state index is -3.10. The Balaban J connectivity index is 2.03. The molecule has 0 saturated carbocycles. The molecule has 2 rings (SSSR count). The summed E-state index contributed by atoms with van der Waals surface area (Å²) in [4.78, 5) is 0. The zero-order valence-corrected chi connectivity index (χ0v) is 12.8. The first-order chi connectivity index (χ1) is 9.41. The van der Waals surface area contributed by atoms with Crippen LogP contribution in [0.15, 0.2) is 16.7 Å². The molecule has 1 saturated heterocycles. The van der Waals surface area contributed by atoms with Crippen molar-refractivity contribution in [3.05, 3.63) is 23.7 Å². The number of hydrogen-bond acceptors (Lipinski definition) is 5. The third kappa shape index (κ3) is 3.60. The Morgan fingerprint density at radius 3 is 2.90 bits per heavy atom. The lowest BCUT2D eigenvalue weighted by atomic mass is 9.90. The Bertz CT molecular complexity index is 541. The number of nitrogens with zero attached hydrogens (tertiary/aromatic N) is 1. The summed E-state index contributed by atoms with van der Waals surface area (Å²) in [7, 11) is -3.10. The van der Waals surface area contributed by atoms with Crippen LogP contribution in [0, 0.1) is 12.8 Å². The van der Waals surface area contributed by atoms with E-state index in [1.807, 2.05) is 13.0 Å². The van der Waals surface area contributed by atoms with Gasteiger partial charge in [-0.15, -0.1) is 0 Å². The summed E-state index contributed by atoms with van der Waals surface area (Å²) >= 11 is 0. The van der Waals surface area contributed by atoms with Crippen molar-refractivity contribution in [3.63, 3.8) is 0 Å². The highest BCUT2D eigenvalue weighted by Crippen LogP contribution is 2.29. The highest BCUT2D eigenvalue weighted by atomic mass is 32.2. The highest BCUT2D eigenvalue weighted by molar-refractivity contribution is 7.88. The predicted octanol–water partition coefficient (Wildman–Crippen LogP) is 1.15. The van der Waals surface area contributed by atoms with Gasteiger partial charge in [-0.25, -0.2) is 12.7 Å². The van der Waals surface area contributed by atoms with Gasteiger partial charge in [-0.3, -0.25) is 11.3 Å². The first kappa shape index (κ1) is 15.5. The van der Waals surface area contributed by atoms with Crippen LogP contribution in [-0.2, 0) is 10.0 Å². The third-order valence-corrected chi connectivity index (χ3v) is 5.26. The summed E-state index contributed by atoms with van der Waals surface area (Å²) in [5.41, 5.74) is 3.86. The van der Waals surface area contributed by atoms with Crippen LogP contribution < -0.4 is 11.3 Å². The summed E-state index contributed by atoms with van der Waals surface area (Å²) < 4.78 is 30.2. The smallest absolute Gasteiger partial charge is 0.211 e. The summed E-state index contributed by atoms with van der Waals surface area (Å²) in [6.45, 7) is 3.11. The molecule has 1 aliphatic rings. The van der Waals surface area contributed by atoms with E-state index in [1.54, 1.807) is 10.6 Å². The molecule has 3 N–H and O–H groups in total. The maximum atomic E-state index is 11.6. The molecular weight excluding hydrogens is 278 g/mol. The second kappa shape index (κ2) is 6.26. The van der Waals surface area contributed by atoms with Crippen LogP contribution in [0.25, 0.3) is 0 Å². The fraction of sp³-hybridized carbons (Fsp3) is 0.692. The predicted molar refractivity (Wildman–Crippen MR) is 77.3 cm³/mol. The van der Waals surface area contributed by atoms with E-state index in [4.69, 9.17) is 10.3 Å². The number of nitrogens with one attached hydrogen (secondary N) is 1. The van der Waals surface area contributed by atoms with Gasteiger partial charge in [0.25, 0.3) is 0 Å². The minimum Gasteiger partial charge on any atom is -0.469 e. The van der Waals surface area contributed by atoms with Crippen LogP contribution in [0.3, 0.4) is 0 Å². The number of nitrogens with two attached hydrogens (primary N) is 1. The number of sulfonamides is 1. The average Bonchev–Trinajstić information content (AvgIpc) is 2.81. The van der Waals surface area contributed by atoms with Crippen molar-refractivity contribution >= 4 is 10.0 Å². The van der Waals surface area contributed by atoms with E-state index in [2.05, 4.69) is 5.43 Å². The van der Waals surface area contributed by atoms with E-state index in [0.29, 0.717) is 19.0 Å². The number of hydrazine groups is 1. The van der Waals surface area contributed by atoms with Gasteiger partial charge in [0.15, 0.2) is 0 Å². The van der Waals surface area contributed by atoms with Crippen LogP contribution in [0.5, 0.6) is 0 Å². The fourth-order valence-corrected chi connectivity index (χ4v) is 3.84. The van der Waals surface area contributed by atoms with Crippen molar-refractivity contribution in [1.82, 2.24) is 9.73 Å². The molecule has 0 aliphatic carbocycles. The van der Waals surface area contributed by atoms with Gasteiger partial charge in [0, 0.05) is 24.7 Å². The first-order valence-corrected chi connectivity index (χ1v) is 8.72. The molecule has 114 valence electrons. The van der Waals surface area contributed by atoms with E-state index >= 15 is 0 Å². The molecule has 0 bridgehead atoms. The molecule has 2 atom stereocenters. The van der Waals surface area contributed by atoms with E-state index in [0.717, 1.165) is 30.6 Å². The molecule has 20 heavy (non-hydrogen) atoms. The van der Waals surface area contributed by atoms with Crippen molar-refractivity contribution in [1.29, 1.82) is 0 Å². The van der Waals surface area contributed by atoms with E-state index in [-0.39, 0.29) is 6.04 Å². The van der Waals surface area contributed by atoms with E-state index < -0.39 is 10.0 Å². The van der Waals surface area contributed by atoms with Crippen LogP contribution in [0.4, 0.5) is 0 Å². The molecule has 0 spiro atoms. The zero-order valence-electron chi connectivity index (χ0n) is 12.0. The number of piperidine rings is 1. The molecule has 0 aromatic carbocycles. The molecule has 0 amide bonds. The Kier molecular flexibility index (Phi) is 4.85. The van der Waals surface area contributed by atoms with Crippen molar-refractivity contribution in [2.24, 2.45) is 11.8 Å². The van der Waals surface area contributed by atoms with Crippen molar-refractivity contribution in [2.45, 2.75) is 32.2 Å². The number of aryl methyl sites for hydroxylation is 1. The maximum absolute atomic E-state index is 11.6. The SMILES string of the molecule is Cc1occc1C(CC1CCCN(S(C)(=O)=O)C1)NN. The van der Waals surface area contributed by atoms with Crippen molar-refractivity contribution < 1.29 is 12.8 Å². The number of furan rings is 1. The monoisotopic (exact) mass is 301 g/mol. The molecule has 6 nitrogen and oxygen atoms in total. The Morgan fingerprint density at radius 1 is 1.60 bits per heavy atom. The summed E-state index contributed by atoms with van der Waals surface area (Å²) in [6, 6.07) is 1.91.